The molecule has 0 amide bonds. The molecule has 0 atom stereocenters. The first-order valence-electron chi connectivity index (χ1n) is 23.5. The summed E-state index contributed by atoms with van der Waals surface area (Å²) in [4.78, 5) is 4.38. The Labute approximate surface area is 399 Å². The minimum Gasteiger partial charge on any atom is -0.339 e. The zero-order chi connectivity index (χ0) is 52.2. The molecule has 0 aliphatic heterocycles. The van der Waals surface area contributed by atoms with Crippen molar-refractivity contribution in [1.29, 1.82) is 0 Å². The van der Waals surface area contributed by atoms with Crippen molar-refractivity contribution in [3.05, 3.63) is 65.3 Å². The van der Waals surface area contributed by atoms with E-state index in [2.05, 4.69) is 254 Å². The van der Waals surface area contributed by atoms with Crippen molar-refractivity contribution in [2.24, 2.45) is 23.7 Å². The number of rotatable bonds is 0. The van der Waals surface area contributed by atoms with Gasteiger partial charge in [0.15, 0.2) is 11.6 Å². The van der Waals surface area contributed by atoms with Crippen molar-refractivity contribution in [3.8, 4) is 0 Å². The van der Waals surface area contributed by atoms with Crippen molar-refractivity contribution in [1.82, 2.24) is 66.6 Å². The summed E-state index contributed by atoms with van der Waals surface area (Å²) < 4.78 is 5.19. The topological polar surface area (TPSA) is 192 Å². The number of aromatic nitrogens is 13. The largest absolute Gasteiger partial charge is 0.339 e. The quantitative estimate of drug-likeness (QED) is 0.116. The number of hydrogen-bond donors (Lipinski definition) is 4. The summed E-state index contributed by atoms with van der Waals surface area (Å²) in [7, 11) is 0. The highest BCUT2D eigenvalue weighted by Crippen LogP contribution is 2.25. The summed E-state index contributed by atoms with van der Waals surface area (Å²) in [6, 6.07) is 2.00. The van der Waals surface area contributed by atoms with Crippen molar-refractivity contribution in [3.63, 3.8) is 0 Å². The normalized spacial score (nSPS) is 11.5. The fourth-order valence-corrected chi connectivity index (χ4v) is 3.21. The first-order chi connectivity index (χ1) is 29.1. The molecule has 0 saturated heterocycles. The van der Waals surface area contributed by atoms with Gasteiger partial charge < -0.3 is 4.52 Å². The summed E-state index contributed by atoms with van der Waals surface area (Å²) >= 11 is 0. The summed E-state index contributed by atoms with van der Waals surface area (Å²) in [5.74, 6) is 5.57. The van der Waals surface area contributed by atoms with Crippen LogP contribution < -0.4 is 0 Å². The van der Waals surface area contributed by atoms with E-state index in [1.54, 1.807) is 12.4 Å². The van der Waals surface area contributed by atoms with Gasteiger partial charge in [0.05, 0.1) is 18.1 Å². The van der Waals surface area contributed by atoms with E-state index < -0.39 is 0 Å². The molecule has 14 heteroatoms. The van der Waals surface area contributed by atoms with Crippen LogP contribution in [0, 0.1) is 23.7 Å². The fraction of sp³-hybridized carbons (Fsp3) is 0.784. The molecule has 14 nitrogen and oxygen atoms in total. The number of H-pyrrole nitrogens is 4. The molecule has 0 radical (unpaired) electrons. The Morgan fingerprint density at radius 2 is 0.938 bits per heavy atom. The molecule has 65 heavy (non-hydrogen) atoms. The maximum Gasteiger partial charge on any atom is 0.232 e. The highest BCUT2D eigenvalue weighted by atomic mass is 16.5. The first-order valence-corrected chi connectivity index (χ1v) is 23.5. The smallest absolute Gasteiger partial charge is 0.232 e. The van der Waals surface area contributed by atoms with Gasteiger partial charge in [0.1, 0.15) is 0 Å². The lowest BCUT2D eigenvalue weighted by Crippen LogP contribution is -2.15. The number of tetrazole rings is 1. The van der Waals surface area contributed by atoms with Gasteiger partial charge in [0.2, 0.25) is 5.89 Å². The molecule has 0 aliphatic rings. The van der Waals surface area contributed by atoms with Gasteiger partial charge in [-0.05, 0) is 40.7 Å². The van der Waals surface area contributed by atoms with Gasteiger partial charge >= 0.3 is 0 Å². The molecular weight excluding hydrogens is 811 g/mol. The van der Waals surface area contributed by atoms with Crippen molar-refractivity contribution in [2.75, 3.05) is 0 Å². The molecule has 0 saturated carbocycles. The molecular formula is C51H103N13O. The monoisotopic (exact) mass is 914 g/mol. The van der Waals surface area contributed by atoms with Crippen LogP contribution >= 0.6 is 0 Å². The zero-order valence-corrected chi connectivity index (χ0v) is 47.6. The molecule has 0 bridgehead atoms. The predicted molar refractivity (Wildman–Crippen MR) is 276 cm³/mol. The van der Waals surface area contributed by atoms with E-state index in [-0.39, 0.29) is 32.5 Å². The van der Waals surface area contributed by atoms with Gasteiger partial charge in [-0.2, -0.15) is 35.8 Å². The minimum absolute atomic E-state index is 0.00694. The predicted octanol–water partition coefficient (Wildman–Crippen LogP) is 14.3. The summed E-state index contributed by atoms with van der Waals surface area (Å²) in [6.45, 7) is 63.8. The second-order valence-electron chi connectivity index (χ2n) is 24.9. The molecule has 5 heterocycles. The molecule has 5 aromatic rings. The van der Waals surface area contributed by atoms with E-state index in [9.17, 15) is 0 Å². The van der Waals surface area contributed by atoms with E-state index in [0.29, 0.717) is 5.89 Å². The maximum absolute atomic E-state index is 5.19. The average molecular weight is 914 g/mol. The third-order valence-electron chi connectivity index (χ3n) is 6.61. The highest BCUT2D eigenvalue weighted by Gasteiger charge is 2.26. The zero-order valence-electron chi connectivity index (χ0n) is 47.6. The number of nitrogens with zero attached hydrogens (tertiary/aromatic N) is 9. The van der Waals surface area contributed by atoms with Gasteiger partial charge in [0.25, 0.3) is 0 Å². The lowest BCUT2D eigenvalue weighted by molar-refractivity contribution is 0.314. The summed E-state index contributed by atoms with van der Waals surface area (Å²) in [6.07, 6.45) is 7.32. The van der Waals surface area contributed by atoms with Crippen LogP contribution in [0.1, 0.15) is 242 Å². The third kappa shape index (κ3) is 42.2. The lowest BCUT2D eigenvalue weighted by Gasteiger charge is -2.14. The number of hydrogen-bond acceptors (Lipinski definition) is 10. The maximum atomic E-state index is 5.19. The van der Waals surface area contributed by atoms with E-state index in [1.165, 1.54) is 11.3 Å². The van der Waals surface area contributed by atoms with Gasteiger partial charge in [-0.1, -0.05) is 218 Å². The summed E-state index contributed by atoms with van der Waals surface area (Å²) in [5, 5.41) is 41.2. The Bertz CT molecular complexity index is 1480. The number of aromatic amines is 4. The summed E-state index contributed by atoms with van der Waals surface area (Å²) in [5.41, 5.74) is 3.90. The van der Waals surface area contributed by atoms with Gasteiger partial charge in [-0.25, -0.2) is 0 Å². The minimum atomic E-state index is -0.0590. The van der Waals surface area contributed by atoms with Gasteiger partial charge in [-0.15, -0.1) is 10.2 Å². The van der Waals surface area contributed by atoms with Crippen LogP contribution in [-0.2, 0) is 32.5 Å². The van der Waals surface area contributed by atoms with Crippen molar-refractivity contribution >= 4 is 0 Å². The molecule has 378 valence electrons. The van der Waals surface area contributed by atoms with E-state index in [4.69, 9.17) is 4.52 Å². The Balaban J connectivity index is -0.000000332. The van der Waals surface area contributed by atoms with Crippen LogP contribution in [0.4, 0.5) is 0 Å². The molecule has 0 unspecified atom stereocenters. The van der Waals surface area contributed by atoms with Gasteiger partial charge in [-0.3, -0.25) is 10.2 Å². The molecule has 0 aliphatic carbocycles. The van der Waals surface area contributed by atoms with E-state index in [0.717, 1.165) is 41.0 Å². The van der Waals surface area contributed by atoms with Gasteiger partial charge in [0, 0.05) is 45.2 Å². The molecule has 5 rings (SSSR count). The Hall–Kier alpha value is -4.23. The van der Waals surface area contributed by atoms with Crippen LogP contribution in [-0.4, -0.2) is 66.6 Å². The number of nitrogens with one attached hydrogen (secondary N) is 4. The van der Waals surface area contributed by atoms with Crippen LogP contribution in [0.5, 0.6) is 0 Å². The first kappa shape index (κ1) is 67.4. The molecule has 0 fully saturated rings. The fourth-order valence-electron chi connectivity index (χ4n) is 3.21. The Kier molecular flexibility index (Phi) is 32.8. The lowest BCUT2D eigenvalue weighted by atomic mass is 9.90. The van der Waals surface area contributed by atoms with Crippen LogP contribution in [0.3, 0.4) is 0 Å². The average Bonchev–Trinajstić information content (AvgIpc) is 3.95. The van der Waals surface area contributed by atoms with Crippen LogP contribution in [0.15, 0.2) is 35.4 Å². The highest BCUT2D eigenvalue weighted by molar-refractivity contribution is 5.14. The Morgan fingerprint density at radius 1 is 0.477 bits per heavy atom. The molecule has 5 aromatic heterocycles. The van der Waals surface area contributed by atoms with Crippen molar-refractivity contribution in [2.45, 2.75) is 240 Å². The van der Waals surface area contributed by atoms with Crippen LogP contribution in [0.2, 0.25) is 0 Å². The third-order valence-corrected chi connectivity index (χ3v) is 6.61. The standard InChI is InChI=1S/C10H18N2O.2C7H12N2.C6H11N3.C5H10N4.4C4H10/c1-9(2,3)7-11-8(13-12-7)10(4,5)6;1-7(2,3)6-4-8-9-5-6;1-7(2,3)6-4-5-8-9-6;1-6(2,3)5-4-7-9-8-5;1-5(2,3)4-6-8-9-7-4;4*1-4(2)3/h1-6H3;2*4-5H,1-3H3,(H,8,9);4H,1-3H3,(H,7,8,9);1-3H3,(H,6,7,8,9);4*4H,1-3H3. The molecule has 0 aromatic carbocycles. The second kappa shape index (κ2) is 31.6. The Morgan fingerprint density at radius 3 is 1.11 bits per heavy atom. The molecule has 0 spiro atoms. The second-order valence-corrected chi connectivity index (χ2v) is 24.9. The van der Waals surface area contributed by atoms with Crippen LogP contribution in [0.25, 0.3) is 0 Å². The SMILES string of the molecule is CC(C)(C)c1ccn[nH]1.CC(C)(C)c1cn[nH]c1.CC(C)(C)c1cn[nH]n1.CC(C)(C)c1nn[nH]n1.CC(C)(C)c1noc(C(C)(C)C)n1.CC(C)C.CC(C)C.CC(C)C.CC(C)C. The van der Waals surface area contributed by atoms with E-state index >= 15 is 0 Å². The van der Waals surface area contributed by atoms with E-state index in [1.807, 2.05) is 39.2 Å². The molecule has 4 N–H and O–H groups in total. The van der Waals surface area contributed by atoms with Crippen molar-refractivity contribution < 1.29 is 4.52 Å².